The Morgan fingerprint density at radius 2 is 1.97 bits per heavy atom. The van der Waals surface area contributed by atoms with E-state index in [2.05, 4.69) is 11.1 Å². The zero-order valence-corrected chi connectivity index (χ0v) is 21.1. The van der Waals surface area contributed by atoms with Gasteiger partial charge >= 0.3 is 0 Å². The van der Waals surface area contributed by atoms with Crippen LogP contribution in [0.3, 0.4) is 0 Å². The summed E-state index contributed by atoms with van der Waals surface area (Å²) in [5.74, 6) is -0.456. The van der Waals surface area contributed by atoms with E-state index in [0.29, 0.717) is 29.6 Å². The van der Waals surface area contributed by atoms with Crippen molar-refractivity contribution in [3.8, 4) is 0 Å². The highest BCUT2D eigenvalue weighted by Crippen LogP contribution is 2.24. The second-order valence-corrected chi connectivity index (χ2v) is 11.4. The summed E-state index contributed by atoms with van der Waals surface area (Å²) in [6.07, 6.45) is 2.28. The molecular formula is C22H25ClN2O4S3. The molecule has 0 spiro atoms. The van der Waals surface area contributed by atoms with Crippen LogP contribution in [0.2, 0.25) is 5.02 Å². The number of sulfone groups is 1. The van der Waals surface area contributed by atoms with Crippen molar-refractivity contribution in [1.82, 2.24) is 4.57 Å². The van der Waals surface area contributed by atoms with Gasteiger partial charge in [0.05, 0.1) is 27.5 Å². The molecule has 172 valence electrons. The van der Waals surface area contributed by atoms with Crippen molar-refractivity contribution in [2.75, 3.05) is 25.2 Å². The minimum Gasteiger partial charge on any atom is -0.380 e. The Morgan fingerprint density at radius 1 is 1.22 bits per heavy atom. The summed E-state index contributed by atoms with van der Waals surface area (Å²) < 4.78 is 33.4. The zero-order chi connectivity index (χ0) is 23.1. The van der Waals surface area contributed by atoms with Crippen LogP contribution in [-0.2, 0) is 25.9 Å². The standard InChI is InChI=1S/C22H25ClN2O4S3/c1-3-29-13-12-25-19-11-8-17(30-2)15-20(19)31-22(25)24-21(26)5-4-14-32(27,28)18-9-6-16(23)7-10-18/h6-11,15H,3-5,12-14H2,1-2H3. The third-order valence-corrected chi connectivity index (χ3v) is 8.59. The summed E-state index contributed by atoms with van der Waals surface area (Å²) in [4.78, 5) is 18.8. The quantitative estimate of drug-likeness (QED) is 0.288. The van der Waals surface area contributed by atoms with Gasteiger partial charge in [0.1, 0.15) is 0 Å². The highest BCUT2D eigenvalue weighted by atomic mass is 35.5. The molecule has 1 amide bonds. The number of ether oxygens (including phenoxy) is 1. The van der Waals surface area contributed by atoms with Crippen LogP contribution in [0.1, 0.15) is 19.8 Å². The summed E-state index contributed by atoms with van der Waals surface area (Å²) in [6, 6.07) is 12.2. The zero-order valence-electron chi connectivity index (χ0n) is 17.9. The number of nitrogens with zero attached hydrogens (tertiary/aromatic N) is 2. The number of carbonyl (C=O) groups excluding carboxylic acids is 1. The maximum Gasteiger partial charge on any atom is 0.248 e. The van der Waals surface area contributed by atoms with E-state index in [0.717, 1.165) is 15.1 Å². The first kappa shape index (κ1) is 25.0. The predicted octanol–water partition coefficient (Wildman–Crippen LogP) is 4.80. The monoisotopic (exact) mass is 512 g/mol. The largest absolute Gasteiger partial charge is 0.380 e. The Labute approximate surface area is 201 Å². The van der Waals surface area contributed by atoms with Crippen LogP contribution >= 0.6 is 34.7 Å². The number of fused-ring (bicyclic) bond motifs is 1. The molecule has 0 atom stereocenters. The van der Waals surface area contributed by atoms with Gasteiger partial charge in [0.25, 0.3) is 0 Å². The Kier molecular flexibility index (Phi) is 8.95. The van der Waals surface area contributed by atoms with Gasteiger partial charge in [-0.2, -0.15) is 4.99 Å². The summed E-state index contributed by atoms with van der Waals surface area (Å²) in [5, 5.41) is 0.476. The number of benzene rings is 2. The third-order valence-electron chi connectivity index (χ3n) is 4.75. The van der Waals surface area contributed by atoms with E-state index in [4.69, 9.17) is 16.3 Å². The molecule has 0 radical (unpaired) electrons. The Bertz CT molecular complexity index is 1250. The molecule has 3 rings (SSSR count). The van der Waals surface area contributed by atoms with E-state index >= 15 is 0 Å². The van der Waals surface area contributed by atoms with Gasteiger partial charge < -0.3 is 9.30 Å². The number of thiazole rings is 1. The first-order valence-corrected chi connectivity index (χ1v) is 14.2. The molecule has 3 aromatic rings. The van der Waals surface area contributed by atoms with Crippen LogP contribution in [0.25, 0.3) is 10.2 Å². The smallest absolute Gasteiger partial charge is 0.248 e. The highest BCUT2D eigenvalue weighted by molar-refractivity contribution is 7.98. The lowest BCUT2D eigenvalue weighted by molar-refractivity contribution is -0.118. The van der Waals surface area contributed by atoms with Crippen molar-refractivity contribution in [3.63, 3.8) is 0 Å². The molecule has 10 heteroatoms. The molecule has 0 unspecified atom stereocenters. The number of halogens is 1. The fourth-order valence-corrected chi connectivity index (χ4v) is 6.18. The van der Waals surface area contributed by atoms with E-state index in [1.54, 1.807) is 23.9 Å². The number of thioether (sulfide) groups is 1. The van der Waals surface area contributed by atoms with E-state index in [1.807, 2.05) is 29.9 Å². The Balaban J connectivity index is 1.75. The minimum atomic E-state index is -3.47. The Hall–Kier alpha value is -1.65. The van der Waals surface area contributed by atoms with Crippen LogP contribution < -0.4 is 4.80 Å². The van der Waals surface area contributed by atoms with Gasteiger partial charge in [0, 0.05) is 29.5 Å². The maximum absolute atomic E-state index is 12.5. The van der Waals surface area contributed by atoms with Gasteiger partial charge in [-0.05, 0) is 62.1 Å². The molecular weight excluding hydrogens is 488 g/mol. The molecule has 6 nitrogen and oxygen atoms in total. The molecule has 0 saturated heterocycles. The van der Waals surface area contributed by atoms with Gasteiger partial charge in [-0.1, -0.05) is 22.9 Å². The van der Waals surface area contributed by atoms with Gasteiger partial charge in [-0.15, -0.1) is 11.8 Å². The number of carbonyl (C=O) groups is 1. The number of rotatable bonds is 10. The lowest BCUT2D eigenvalue weighted by Crippen LogP contribution is -2.20. The van der Waals surface area contributed by atoms with Crippen molar-refractivity contribution in [1.29, 1.82) is 0 Å². The number of amides is 1. The molecule has 0 aliphatic carbocycles. The topological polar surface area (TPSA) is 77.7 Å². The lowest BCUT2D eigenvalue weighted by atomic mass is 10.3. The van der Waals surface area contributed by atoms with Crippen molar-refractivity contribution in [2.24, 2.45) is 4.99 Å². The molecule has 2 aromatic carbocycles. The average Bonchev–Trinajstić information content (AvgIpc) is 3.10. The SMILES string of the molecule is CCOCCn1c(=NC(=O)CCCS(=O)(=O)c2ccc(Cl)cc2)sc2cc(SC)ccc21. The first-order chi connectivity index (χ1) is 15.3. The molecule has 0 aliphatic rings. The molecule has 32 heavy (non-hydrogen) atoms. The van der Waals surface area contributed by atoms with Crippen molar-refractivity contribution in [2.45, 2.75) is 36.1 Å². The fraction of sp³-hybridized carbons (Fsp3) is 0.364. The number of aromatic nitrogens is 1. The van der Waals surface area contributed by atoms with Crippen LogP contribution in [-0.4, -0.2) is 44.1 Å². The highest BCUT2D eigenvalue weighted by Gasteiger charge is 2.15. The van der Waals surface area contributed by atoms with E-state index in [1.165, 1.54) is 23.5 Å². The van der Waals surface area contributed by atoms with Crippen LogP contribution in [0.4, 0.5) is 0 Å². The van der Waals surface area contributed by atoms with Gasteiger partial charge in [0.2, 0.25) is 5.91 Å². The number of hydrogen-bond donors (Lipinski definition) is 0. The van der Waals surface area contributed by atoms with Crippen LogP contribution in [0, 0.1) is 0 Å². The van der Waals surface area contributed by atoms with Gasteiger partial charge in [-0.25, -0.2) is 8.42 Å². The van der Waals surface area contributed by atoms with Crippen molar-refractivity contribution < 1.29 is 17.9 Å². The molecule has 1 aromatic heterocycles. The second-order valence-electron chi connectivity index (χ2n) is 6.95. The molecule has 0 fully saturated rings. The second kappa shape index (κ2) is 11.5. The number of hydrogen-bond acceptors (Lipinski definition) is 6. The van der Waals surface area contributed by atoms with Gasteiger partial charge in [0.15, 0.2) is 14.6 Å². The molecule has 0 N–H and O–H groups in total. The van der Waals surface area contributed by atoms with E-state index < -0.39 is 9.84 Å². The summed E-state index contributed by atoms with van der Waals surface area (Å²) >= 11 is 8.93. The molecule has 0 bridgehead atoms. The summed E-state index contributed by atoms with van der Waals surface area (Å²) in [5.41, 5.74) is 1.00. The minimum absolute atomic E-state index is 0.0581. The van der Waals surface area contributed by atoms with Crippen LogP contribution in [0.15, 0.2) is 57.2 Å². The summed E-state index contributed by atoms with van der Waals surface area (Å²) in [6.45, 7) is 3.66. The van der Waals surface area contributed by atoms with Crippen LogP contribution in [0.5, 0.6) is 0 Å². The molecule has 1 heterocycles. The van der Waals surface area contributed by atoms with Crippen molar-refractivity contribution >= 4 is 60.7 Å². The third kappa shape index (κ3) is 6.45. The molecule has 0 aliphatic heterocycles. The van der Waals surface area contributed by atoms with Gasteiger partial charge in [-0.3, -0.25) is 4.79 Å². The average molecular weight is 513 g/mol. The van der Waals surface area contributed by atoms with E-state index in [9.17, 15) is 13.2 Å². The fourth-order valence-electron chi connectivity index (χ4n) is 3.12. The normalized spacial score (nSPS) is 12.5. The lowest BCUT2D eigenvalue weighted by Gasteiger charge is -2.06. The van der Waals surface area contributed by atoms with E-state index in [-0.39, 0.29) is 29.4 Å². The van der Waals surface area contributed by atoms with Crippen molar-refractivity contribution in [3.05, 3.63) is 52.3 Å². The summed E-state index contributed by atoms with van der Waals surface area (Å²) in [7, 11) is -3.47. The first-order valence-electron chi connectivity index (χ1n) is 10.1. The Morgan fingerprint density at radius 3 is 2.66 bits per heavy atom. The molecule has 0 saturated carbocycles. The maximum atomic E-state index is 12.5. The predicted molar refractivity (Wildman–Crippen MR) is 131 cm³/mol.